The van der Waals surface area contributed by atoms with E-state index >= 15 is 0 Å². The third-order valence-corrected chi connectivity index (χ3v) is 0.279. The van der Waals surface area contributed by atoms with E-state index in [4.69, 9.17) is 0 Å². The first-order valence-electron chi connectivity index (χ1n) is 1.80. The highest BCUT2D eigenvalue weighted by Crippen LogP contribution is 2.06. The van der Waals surface area contributed by atoms with E-state index in [9.17, 15) is 22.1 Å². The van der Waals surface area contributed by atoms with Crippen LogP contribution in [0.1, 0.15) is 0 Å². The number of carbonyl (C=O) groups excluding carboxylic acids is 1. The molecule has 0 aliphatic heterocycles. The van der Waals surface area contributed by atoms with Crippen molar-refractivity contribution in [2.75, 3.05) is 0 Å². The van der Waals surface area contributed by atoms with E-state index in [1.807, 2.05) is 0 Å². The molecule has 0 aromatic carbocycles. The molecule has 3 N–H and O–H groups in total. The van der Waals surface area contributed by atoms with E-state index in [1.54, 1.807) is 4.84 Å². The van der Waals surface area contributed by atoms with Gasteiger partial charge in [0.2, 0.25) is 0 Å². The van der Waals surface area contributed by atoms with Crippen molar-refractivity contribution in [3.05, 3.63) is 0 Å². The highest BCUT2D eigenvalue weighted by molar-refractivity contribution is 6.50. The third-order valence-electron chi connectivity index (χ3n) is 0.0931. The number of nitrogens with one attached hydrogen (secondary N) is 1. The molecule has 0 spiro atoms. The van der Waals surface area contributed by atoms with Gasteiger partial charge in [0.05, 0.1) is 0 Å². The number of hydrogen-bond acceptors (Lipinski definition) is 1. The van der Waals surface area contributed by atoms with Crippen molar-refractivity contribution in [1.82, 2.24) is 4.84 Å². The van der Waals surface area contributed by atoms with Gasteiger partial charge in [0.15, 0.2) is 0 Å². The highest BCUT2D eigenvalue weighted by atomic mass is 35.5. The van der Waals surface area contributed by atoms with E-state index in [0.717, 1.165) is 0 Å². The number of primary amides is 1. The average molecular weight is 181 g/mol. The van der Waals surface area contributed by atoms with Crippen LogP contribution in [0.4, 0.5) is 22.1 Å². The Hall–Kier alpha value is -0.655. The molecule has 0 aliphatic rings. The summed E-state index contributed by atoms with van der Waals surface area (Å²) in [6.45, 7) is 0. The Labute approximate surface area is 58.7 Å². The molecular formula is CH3BClF4N2O-. The summed E-state index contributed by atoms with van der Waals surface area (Å²) >= 11 is 4.61. The summed E-state index contributed by atoms with van der Waals surface area (Å²) in [4.78, 5) is 11.0. The first-order chi connectivity index (χ1) is 4.27. The molecule has 0 heterocycles. The molecule has 3 nitrogen and oxygen atoms in total. The van der Waals surface area contributed by atoms with Gasteiger partial charge in [0.25, 0.3) is 0 Å². The Bertz CT molecular complexity index is 99.9. The monoisotopic (exact) mass is 181 g/mol. The van der Waals surface area contributed by atoms with Crippen molar-refractivity contribution in [2.45, 2.75) is 0 Å². The van der Waals surface area contributed by atoms with Crippen molar-refractivity contribution in [1.29, 1.82) is 0 Å². The van der Waals surface area contributed by atoms with Crippen molar-refractivity contribution < 1.29 is 22.1 Å². The minimum atomic E-state index is -6.00. The molecule has 0 aliphatic carbocycles. The zero-order valence-corrected chi connectivity index (χ0v) is 5.21. The van der Waals surface area contributed by atoms with E-state index < -0.39 is 13.3 Å². The summed E-state index contributed by atoms with van der Waals surface area (Å²) in [6.07, 6.45) is 0. The van der Waals surface area contributed by atoms with E-state index in [0.29, 0.717) is 0 Å². The molecule has 2 amide bonds. The van der Waals surface area contributed by atoms with Crippen molar-refractivity contribution >= 4 is 25.1 Å². The molecule has 0 aromatic heterocycles. The second-order valence-corrected chi connectivity index (χ2v) is 1.14. The number of carbonyl (C=O) groups is 1. The van der Waals surface area contributed by atoms with Crippen LogP contribution in [0.25, 0.3) is 0 Å². The lowest BCUT2D eigenvalue weighted by atomic mass is 10.3. The number of rotatable bonds is 0. The maximum absolute atomic E-state index is 9.75. The standard InChI is InChI=1S/CH3ClN2O.BF4/c2-4-1(3)5;2-1(3,4)5/h(H3,3,4,5);/q;-1. The minimum Gasteiger partial charge on any atom is -0.418 e. The van der Waals surface area contributed by atoms with E-state index in [1.165, 1.54) is 0 Å². The fourth-order valence-corrected chi connectivity index (χ4v) is 0. The van der Waals surface area contributed by atoms with E-state index in [2.05, 4.69) is 17.5 Å². The first-order valence-corrected chi connectivity index (χ1v) is 2.18. The molecule has 0 radical (unpaired) electrons. The largest absolute Gasteiger partial charge is 0.673 e. The van der Waals surface area contributed by atoms with Crippen molar-refractivity contribution in [2.24, 2.45) is 5.73 Å². The second kappa shape index (κ2) is 5.16. The fourth-order valence-electron chi connectivity index (χ4n) is 0. The Morgan fingerprint density at radius 1 is 1.40 bits per heavy atom. The van der Waals surface area contributed by atoms with Crippen LogP contribution < -0.4 is 10.6 Å². The van der Waals surface area contributed by atoms with Gasteiger partial charge in [-0.05, 0) is 0 Å². The van der Waals surface area contributed by atoms with Crippen LogP contribution >= 0.6 is 11.8 Å². The van der Waals surface area contributed by atoms with Crippen molar-refractivity contribution in [3.8, 4) is 0 Å². The molecule has 0 aromatic rings. The molecule has 0 fully saturated rings. The Kier molecular flexibility index (Phi) is 6.22. The van der Waals surface area contributed by atoms with Crippen LogP contribution in [0.15, 0.2) is 0 Å². The molecule has 0 atom stereocenters. The molecule has 0 rings (SSSR count). The lowest BCUT2D eigenvalue weighted by molar-refractivity contribution is 0.254. The molecule has 0 bridgehead atoms. The second-order valence-electron chi connectivity index (χ2n) is 0.954. The normalized spacial score (nSPS) is 9.30. The summed E-state index contributed by atoms with van der Waals surface area (Å²) in [7, 11) is -6.00. The zero-order valence-electron chi connectivity index (χ0n) is 4.45. The topological polar surface area (TPSA) is 55.1 Å². The zero-order chi connectivity index (χ0) is 8.78. The predicted molar refractivity (Wildman–Crippen MR) is 28.8 cm³/mol. The van der Waals surface area contributed by atoms with Gasteiger partial charge in [-0.2, -0.15) is 0 Å². The highest BCUT2D eigenvalue weighted by Gasteiger charge is 2.20. The van der Waals surface area contributed by atoms with Gasteiger partial charge in [0, 0.05) is 11.8 Å². The lowest BCUT2D eigenvalue weighted by Crippen LogP contribution is -2.19. The summed E-state index contributed by atoms with van der Waals surface area (Å²) < 4.78 is 39.0. The Balaban J connectivity index is 0. The number of urea groups is 1. The lowest BCUT2D eigenvalue weighted by Gasteiger charge is -1.94. The quantitative estimate of drug-likeness (QED) is 0.328. The van der Waals surface area contributed by atoms with Crippen molar-refractivity contribution in [3.63, 3.8) is 0 Å². The van der Waals surface area contributed by atoms with Crippen LogP contribution in [-0.4, -0.2) is 13.3 Å². The molecule has 62 valence electrons. The van der Waals surface area contributed by atoms with Gasteiger partial charge in [-0.1, -0.05) is 0 Å². The first kappa shape index (κ1) is 12.1. The van der Waals surface area contributed by atoms with Crippen LogP contribution in [0, 0.1) is 0 Å². The fraction of sp³-hybridized carbons (Fsp3) is 0. The molecule has 10 heavy (non-hydrogen) atoms. The summed E-state index contributed by atoms with van der Waals surface area (Å²) in [5.41, 5.74) is 4.41. The van der Waals surface area contributed by atoms with Crippen LogP contribution in [0.5, 0.6) is 0 Å². The van der Waals surface area contributed by atoms with Gasteiger partial charge < -0.3 is 23.0 Å². The number of nitrogens with two attached hydrogens (primary N) is 1. The maximum atomic E-state index is 9.75. The average Bonchev–Trinajstić information content (AvgIpc) is 1.61. The SMILES string of the molecule is F[B-](F)(F)F.NC(=O)NCl. The number of amides is 2. The minimum absolute atomic E-state index is 0.730. The molecular weight excluding hydrogens is 178 g/mol. The maximum Gasteiger partial charge on any atom is 0.673 e. The summed E-state index contributed by atoms with van der Waals surface area (Å²) in [5, 5.41) is 0. The number of hydrogen-bond donors (Lipinski definition) is 2. The summed E-state index contributed by atoms with van der Waals surface area (Å²) in [6, 6.07) is -0.730. The smallest absolute Gasteiger partial charge is 0.418 e. The van der Waals surface area contributed by atoms with Gasteiger partial charge in [-0.15, -0.1) is 0 Å². The van der Waals surface area contributed by atoms with Gasteiger partial charge >= 0.3 is 13.3 Å². The van der Waals surface area contributed by atoms with Gasteiger partial charge in [-0.3, -0.25) is 4.84 Å². The molecule has 9 heteroatoms. The molecule has 0 unspecified atom stereocenters. The summed E-state index contributed by atoms with van der Waals surface area (Å²) in [5.74, 6) is 0. The Morgan fingerprint density at radius 3 is 1.50 bits per heavy atom. The molecule has 0 saturated heterocycles. The number of halogens is 5. The van der Waals surface area contributed by atoms with E-state index in [-0.39, 0.29) is 0 Å². The Morgan fingerprint density at radius 2 is 1.50 bits per heavy atom. The van der Waals surface area contributed by atoms with Crippen LogP contribution in [-0.2, 0) is 0 Å². The molecule has 0 saturated carbocycles. The third kappa shape index (κ3) is 163. The van der Waals surface area contributed by atoms with Gasteiger partial charge in [0.1, 0.15) is 0 Å². The van der Waals surface area contributed by atoms with Gasteiger partial charge in [-0.25, -0.2) is 4.79 Å². The van der Waals surface area contributed by atoms with Crippen LogP contribution in [0.3, 0.4) is 0 Å². The predicted octanol–water partition coefficient (Wildman–Crippen LogP) is 1.11. The van der Waals surface area contributed by atoms with Crippen LogP contribution in [0.2, 0.25) is 0 Å².